The fourth-order valence-corrected chi connectivity index (χ4v) is 3.10. The Balaban J connectivity index is 1.78. The molecule has 0 aliphatic heterocycles. The predicted molar refractivity (Wildman–Crippen MR) is 102 cm³/mol. The minimum Gasteiger partial charge on any atom is -0.464 e. The summed E-state index contributed by atoms with van der Waals surface area (Å²) in [4.78, 5) is 23.5. The largest absolute Gasteiger partial charge is 0.464 e. The van der Waals surface area contributed by atoms with Gasteiger partial charge in [-0.15, -0.1) is 0 Å². The van der Waals surface area contributed by atoms with E-state index in [9.17, 15) is 9.59 Å². The highest BCUT2D eigenvalue weighted by atomic mass is 16.3. The number of hydrogen-bond acceptors (Lipinski definition) is 3. The van der Waals surface area contributed by atoms with Crippen LogP contribution in [0.3, 0.4) is 0 Å². The van der Waals surface area contributed by atoms with Crippen molar-refractivity contribution in [3.8, 4) is 0 Å². The van der Waals surface area contributed by atoms with Crippen molar-refractivity contribution in [1.29, 1.82) is 0 Å². The maximum atomic E-state index is 12.4. The summed E-state index contributed by atoms with van der Waals surface area (Å²) in [5, 5.41) is 3.80. The molecule has 2 amide bonds. The molecule has 3 N–H and O–H groups in total. The molecule has 1 heterocycles. The summed E-state index contributed by atoms with van der Waals surface area (Å²) in [6.45, 7) is 6.37. The van der Waals surface area contributed by atoms with Crippen LogP contribution in [0.5, 0.6) is 0 Å². The number of benzene rings is 2. The number of primary amides is 1. The summed E-state index contributed by atoms with van der Waals surface area (Å²) in [6, 6.07) is 10.6. The van der Waals surface area contributed by atoms with Gasteiger partial charge in [-0.1, -0.05) is 13.8 Å². The lowest BCUT2D eigenvalue weighted by Crippen LogP contribution is -2.15. The normalized spacial score (nSPS) is 11.1. The Kier molecular flexibility index (Phi) is 4.80. The summed E-state index contributed by atoms with van der Waals surface area (Å²) >= 11 is 0. The third kappa shape index (κ3) is 3.61. The quantitative estimate of drug-likeness (QED) is 0.725. The molecule has 0 bridgehead atoms. The monoisotopic (exact) mass is 350 g/mol. The maximum absolute atomic E-state index is 12.4. The van der Waals surface area contributed by atoms with Crippen LogP contribution in [0.25, 0.3) is 11.0 Å². The second-order valence-electron chi connectivity index (χ2n) is 6.79. The standard InChI is InChI=1S/C21H22N2O3/c1-12(2)17-10-18-15(11-26-19(18)8-13(17)3)9-20(24)23-16-6-4-14(5-7-16)21(22)25/h4-8,10-12H,9H2,1-3H3,(H2,22,25)(H,23,24). The number of nitrogens with two attached hydrogens (primary N) is 1. The Bertz CT molecular complexity index is 969. The van der Waals surface area contributed by atoms with Gasteiger partial charge in [0.25, 0.3) is 0 Å². The molecule has 26 heavy (non-hydrogen) atoms. The third-order valence-electron chi connectivity index (χ3n) is 4.47. The van der Waals surface area contributed by atoms with Gasteiger partial charge in [0.05, 0.1) is 12.7 Å². The Labute approximate surface area is 152 Å². The van der Waals surface area contributed by atoms with E-state index >= 15 is 0 Å². The second-order valence-corrected chi connectivity index (χ2v) is 6.79. The van der Waals surface area contributed by atoms with Crippen LogP contribution in [-0.2, 0) is 11.2 Å². The van der Waals surface area contributed by atoms with Gasteiger partial charge in [-0.3, -0.25) is 9.59 Å². The van der Waals surface area contributed by atoms with E-state index < -0.39 is 5.91 Å². The van der Waals surface area contributed by atoms with Gasteiger partial charge in [0.1, 0.15) is 5.58 Å². The predicted octanol–water partition coefficient (Wildman–Crippen LogP) is 4.14. The van der Waals surface area contributed by atoms with Crippen LogP contribution >= 0.6 is 0 Å². The van der Waals surface area contributed by atoms with E-state index in [1.54, 1.807) is 30.5 Å². The van der Waals surface area contributed by atoms with Gasteiger partial charge in [0.2, 0.25) is 11.8 Å². The lowest BCUT2D eigenvalue weighted by atomic mass is 9.95. The van der Waals surface area contributed by atoms with Gasteiger partial charge in [-0.2, -0.15) is 0 Å². The van der Waals surface area contributed by atoms with Gasteiger partial charge >= 0.3 is 0 Å². The summed E-state index contributed by atoms with van der Waals surface area (Å²) in [5.74, 6) is -0.241. The topological polar surface area (TPSA) is 85.3 Å². The molecule has 2 aromatic carbocycles. The lowest BCUT2D eigenvalue weighted by Gasteiger charge is -2.10. The molecular weight excluding hydrogens is 328 g/mol. The molecule has 5 nitrogen and oxygen atoms in total. The zero-order valence-corrected chi connectivity index (χ0v) is 15.1. The van der Waals surface area contributed by atoms with Crippen molar-refractivity contribution in [3.63, 3.8) is 0 Å². The van der Waals surface area contributed by atoms with E-state index in [1.807, 2.05) is 6.07 Å². The summed E-state index contributed by atoms with van der Waals surface area (Å²) in [6.07, 6.45) is 1.86. The number of furan rings is 1. The fourth-order valence-electron chi connectivity index (χ4n) is 3.10. The van der Waals surface area contributed by atoms with Crippen LogP contribution in [0.4, 0.5) is 5.69 Å². The lowest BCUT2D eigenvalue weighted by molar-refractivity contribution is -0.115. The molecule has 0 fully saturated rings. The first-order valence-corrected chi connectivity index (χ1v) is 8.55. The highest BCUT2D eigenvalue weighted by Crippen LogP contribution is 2.29. The second kappa shape index (κ2) is 7.04. The minimum absolute atomic E-state index is 0.147. The zero-order chi connectivity index (χ0) is 18.8. The fraction of sp³-hybridized carbons (Fsp3) is 0.238. The number of nitrogens with one attached hydrogen (secondary N) is 1. The molecular formula is C21H22N2O3. The van der Waals surface area contributed by atoms with Gasteiger partial charge in [0, 0.05) is 22.2 Å². The molecule has 0 atom stereocenters. The van der Waals surface area contributed by atoms with E-state index in [4.69, 9.17) is 10.2 Å². The number of carbonyl (C=O) groups excluding carboxylic acids is 2. The molecule has 0 aliphatic carbocycles. The molecule has 0 spiro atoms. The molecule has 134 valence electrons. The number of rotatable bonds is 5. The molecule has 0 radical (unpaired) electrons. The Hall–Kier alpha value is -3.08. The van der Waals surface area contributed by atoms with Crippen molar-refractivity contribution >= 4 is 28.5 Å². The van der Waals surface area contributed by atoms with Crippen molar-refractivity contribution < 1.29 is 14.0 Å². The zero-order valence-electron chi connectivity index (χ0n) is 15.1. The molecule has 0 saturated heterocycles. The van der Waals surface area contributed by atoms with Gasteiger partial charge < -0.3 is 15.5 Å². The molecule has 0 saturated carbocycles. The molecule has 3 aromatic rings. The van der Waals surface area contributed by atoms with E-state index in [0.29, 0.717) is 17.2 Å². The van der Waals surface area contributed by atoms with Gasteiger partial charge in [-0.25, -0.2) is 0 Å². The van der Waals surface area contributed by atoms with Crippen molar-refractivity contribution in [2.24, 2.45) is 5.73 Å². The first-order chi connectivity index (χ1) is 12.3. The number of fused-ring (bicyclic) bond motifs is 1. The third-order valence-corrected chi connectivity index (χ3v) is 4.47. The van der Waals surface area contributed by atoms with Crippen LogP contribution < -0.4 is 11.1 Å². The van der Waals surface area contributed by atoms with Crippen LogP contribution in [0.2, 0.25) is 0 Å². The molecule has 1 aromatic heterocycles. The number of hydrogen-bond donors (Lipinski definition) is 2. The first kappa shape index (κ1) is 17.7. The van der Waals surface area contributed by atoms with Crippen molar-refractivity contribution in [1.82, 2.24) is 0 Å². The number of aryl methyl sites for hydroxylation is 1. The minimum atomic E-state index is -0.496. The van der Waals surface area contributed by atoms with Crippen LogP contribution in [0.15, 0.2) is 47.1 Å². The van der Waals surface area contributed by atoms with E-state index in [1.165, 1.54) is 11.1 Å². The SMILES string of the molecule is Cc1cc2occ(CC(=O)Nc3ccc(C(N)=O)cc3)c2cc1C(C)C. The molecule has 0 aliphatic rings. The van der Waals surface area contributed by atoms with E-state index in [0.717, 1.165) is 16.5 Å². The Morgan fingerprint density at radius 3 is 2.46 bits per heavy atom. The van der Waals surface area contributed by atoms with E-state index in [-0.39, 0.29) is 12.3 Å². The molecule has 3 rings (SSSR count). The average Bonchev–Trinajstić information content (AvgIpc) is 2.95. The summed E-state index contributed by atoms with van der Waals surface area (Å²) in [5.41, 5.74) is 10.3. The average molecular weight is 350 g/mol. The molecule has 5 heteroatoms. The number of carbonyl (C=O) groups is 2. The molecule has 0 unspecified atom stereocenters. The van der Waals surface area contributed by atoms with E-state index in [2.05, 4.69) is 32.2 Å². The Morgan fingerprint density at radius 1 is 1.15 bits per heavy atom. The number of anilines is 1. The maximum Gasteiger partial charge on any atom is 0.248 e. The van der Waals surface area contributed by atoms with Gasteiger partial charge in [-0.05, 0) is 60.4 Å². The summed E-state index contributed by atoms with van der Waals surface area (Å²) < 4.78 is 5.63. The van der Waals surface area contributed by atoms with Crippen molar-refractivity contribution in [3.05, 3.63) is 64.9 Å². The highest BCUT2D eigenvalue weighted by molar-refractivity contribution is 5.97. The van der Waals surface area contributed by atoms with Crippen molar-refractivity contribution in [2.75, 3.05) is 5.32 Å². The first-order valence-electron chi connectivity index (χ1n) is 8.55. The van der Waals surface area contributed by atoms with Crippen LogP contribution in [0, 0.1) is 6.92 Å². The summed E-state index contributed by atoms with van der Waals surface area (Å²) in [7, 11) is 0. The Morgan fingerprint density at radius 2 is 1.85 bits per heavy atom. The van der Waals surface area contributed by atoms with Crippen LogP contribution in [-0.4, -0.2) is 11.8 Å². The number of amides is 2. The van der Waals surface area contributed by atoms with Crippen LogP contribution in [0.1, 0.15) is 46.8 Å². The smallest absolute Gasteiger partial charge is 0.248 e. The highest BCUT2D eigenvalue weighted by Gasteiger charge is 2.14. The van der Waals surface area contributed by atoms with Crippen molar-refractivity contribution in [2.45, 2.75) is 33.1 Å². The van der Waals surface area contributed by atoms with Gasteiger partial charge in [0.15, 0.2) is 0 Å².